The lowest BCUT2D eigenvalue weighted by Crippen LogP contribution is -2.52. The van der Waals surface area contributed by atoms with Gasteiger partial charge in [-0.3, -0.25) is 14.4 Å². The van der Waals surface area contributed by atoms with Crippen molar-refractivity contribution in [3.8, 4) is 0 Å². The van der Waals surface area contributed by atoms with Gasteiger partial charge in [0.05, 0.1) is 12.1 Å². The van der Waals surface area contributed by atoms with Crippen molar-refractivity contribution in [3.05, 3.63) is 102 Å². The summed E-state index contributed by atoms with van der Waals surface area (Å²) in [7, 11) is 0. The molecule has 4 aromatic rings. The van der Waals surface area contributed by atoms with Crippen LogP contribution in [0.25, 0.3) is 11.1 Å². The molecule has 1 saturated heterocycles. The molecular weight excluding hydrogens is 697 g/mol. The number of nitrogens with one attached hydrogen (secondary N) is 1. The lowest BCUT2D eigenvalue weighted by Gasteiger charge is -2.29. The number of alkyl carbamates (subject to hydrolysis) is 1. The number of benzene rings is 3. The monoisotopic (exact) mass is 750 g/mol. The number of nitrogens with two attached hydrogens (primary N) is 1. The van der Waals surface area contributed by atoms with E-state index >= 15 is 0 Å². The zero-order valence-corrected chi connectivity index (χ0v) is 31.6. The van der Waals surface area contributed by atoms with E-state index in [0.717, 1.165) is 24.0 Å². The Labute approximate surface area is 323 Å². The third-order valence-electron chi connectivity index (χ3n) is 10.9. The minimum absolute atomic E-state index is 0.0287. The number of nitrogens with zero attached hydrogens (tertiary/aromatic N) is 2. The smallest absolute Gasteiger partial charge is 0.408 e. The van der Waals surface area contributed by atoms with Gasteiger partial charge in [0.15, 0.2) is 11.4 Å². The van der Waals surface area contributed by atoms with Crippen LogP contribution in [-0.4, -0.2) is 71.3 Å². The van der Waals surface area contributed by atoms with Gasteiger partial charge in [-0.15, -0.1) is 0 Å². The summed E-state index contributed by atoms with van der Waals surface area (Å²) in [5.41, 5.74) is 8.70. The van der Waals surface area contributed by atoms with E-state index in [4.69, 9.17) is 19.6 Å². The van der Waals surface area contributed by atoms with Crippen LogP contribution in [-0.2, 0) is 32.1 Å². The number of Topliss-reactive ketones (excluding diaryl/α,β-unsaturated/α-hetero) is 2. The van der Waals surface area contributed by atoms with E-state index in [1.165, 1.54) is 19.3 Å². The summed E-state index contributed by atoms with van der Waals surface area (Å²) in [6, 6.07) is 24.5. The maximum atomic E-state index is 14.6. The first-order chi connectivity index (χ1) is 26.9. The van der Waals surface area contributed by atoms with Crippen LogP contribution in [0.15, 0.2) is 89.3 Å². The van der Waals surface area contributed by atoms with E-state index in [-0.39, 0.29) is 49.0 Å². The van der Waals surface area contributed by atoms with E-state index in [0.29, 0.717) is 68.7 Å². The molecular formula is C44H54N4O7. The number of carbonyl (C=O) groups excluding carboxylic acids is 4. The molecule has 4 atom stereocenters. The maximum absolute atomic E-state index is 14.6. The second kappa shape index (κ2) is 20.2. The van der Waals surface area contributed by atoms with Gasteiger partial charge in [-0.05, 0) is 74.2 Å². The molecule has 1 aromatic heterocycles. The Kier molecular flexibility index (Phi) is 14.6. The second-order valence-electron chi connectivity index (χ2n) is 15.0. The van der Waals surface area contributed by atoms with E-state index in [1.807, 2.05) is 72.8 Å². The van der Waals surface area contributed by atoms with Gasteiger partial charge in [0, 0.05) is 31.9 Å². The largest absolute Gasteiger partial charge is 0.445 e. The van der Waals surface area contributed by atoms with Crippen molar-refractivity contribution in [1.82, 2.24) is 15.2 Å². The quantitative estimate of drug-likeness (QED) is 0.0748. The summed E-state index contributed by atoms with van der Waals surface area (Å²) >= 11 is 0. The van der Waals surface area contributed by atoms with Gasteiger partial charge in [-0.1, -0.05) is 98.5 Å². The maximum Gasteiger partial charge on any atom is 0.408 e. The minimum Gasteiger partial charge on any atom is -0.445 e. The highest BCUT2D eigenvalue weighted by molar-refractivity contribution is 6.00. The topological polar surface area (TPSA) is 154 Å². The SMILES string of the molecule is NCCCC[C@H](CC(=O)[C@@H]1C[C@@H](OCC2CCCCC2)CN1C(=O)[C@@H](CCc1ccccc1)NC(=O)OCc1ccccc1)C(=O)c1nc2ccccc2o1. The molecule has 11 nitrogen and oxygen atoms in total. The third-order valence-corrected chi connectivity index (χ3v) is 10.9. The van der Waals surface area contributed by atoms with E-state index in [9.17, 15) is 19.2 Å². The number of unbranched alkanes of at least 4 members (excludes halogenated alkanes) is 1. The highest BCUT2D eigenvalue weighted by Gasteiger charge is 2.43. The van der Waals surface area contributed by atoms with Gasteiger partial charge < -0.3 is 29.8 Å². The highest BCUT2D eigenvalue weighted by Crippen LogP contribution is 2.30. The molecule has 2 heterocycles. The molecule has 3 aromatic carbocycles. The Morgan fingerprint density at radius 3 is 2.31 bits per heavy atom. The van der Waals surface area contributed by atoms with Gasteiger partial charge in [-0.25, -0.2) is 9.78 Å². The molecule has 6 rings (SSSR count). The number of amides is 2. The van der Waals surface area contributed by atoms with Crippen LogP contribution >= 0.6 is 0 Å². The number of likely N-dealkylation sites (tertiary alicyclic amines) is 1. The van der Waals surface area contributed by atoms with Crippen LogP contribution in [0.1, 0.15) is 92.4 Å². The Morgan fingerprint density at radius 1 is 0.873 bits per heavy atom. The summed E-state index contributed by atoms with van der Waals surface area (Å²) in [5, 5.41) is 2.83. The molecule has 0 radical (unpaired) electrons. The highest BCUT2D eigenvalue weighted by atomic mass is 16.5. The number of ether oxygens (including phenoxy) is 2. The Balaban J connectivity index is 1.21. The average Bonchev–Trinajstić information content (AvgIpc) is 3.86. The average molecular weight is 751 g/mol. The van der Waals surface area contributed by atoms with Crippen LogP contribution in [0.3, 0.4) is 0 Å². The predicted molar refractivity (Wildman–Crippen MR) is 209 cm³/mol. The van der Waals surface area contributed by atoms with Crippen molar-refractivity contribution < 1.29 is 33.1 Å². The summed E-state index contributed by atoms with van der Waals surface area (Å²) in [6.45, 7) is 1.30. The molecule has 2 fully saturated rings. The van der Waals surface area contributed by atoms with Gasteiger partial charge in [0.1, 0.15) is 18.2 Å². The van der Waals surface area contributed by atoms with Crippen molar-refractivity contribution in [2.45, 2.75) is 102 Å². The zero-order valence-electron chi connectivity index (χ0n) is 31.6. The number of rotatable bonds is 19. The molecule has 55 heavy (non-hydrogen) atoms. The first-order valence-corrected chi connectivity index (χ1v) is 19.9. The Hall–Kier alpha value is -4.87. The van der Waals surface area contributed by atoms with Crippen LogP contribution < -0.4 is 11.1 Å². The normalized spacial score (nSPS) is 18.5. The number of ketones is 2. The number of para-hydroxylation sites is 2. The second-order valence-corrected chi connectivity index (χ2v) is 15.0. The van der Waals surface area contributed by atoms with Gasteiger partial charge in [0.2, 0.25) is 11.7 Å². The van der Waals surface area contributed by atoms with Crippen molar-refractivity contribution in [2.75, 3.05) is 19.7 Å². The fraction of sp³-hybridized carbons (Fsp3) is 0.477. The summed E-state index contributed by atoms with van der Waals surface area (Å²) in [5.74, 6) is -1.23. The molecule has 1 saturated carbocycles. The first kappa shape index (κ1) is 39.8. The van der Waals surface area contributed by atoms with Crippen LogP contribution in [0.4, 0.5) is 4.79 Å². The number of hydrogen-bond acceptors (Lipinski definition) is 9. The lowest BCUT2D eigenvalue weighted by molar-refractivity contribution is -0.139. The van der Waals surface area contributed by atoms with Crippen molar-refractivity contribution in [3.63, 3.8) is 0 Å². The van der Waals surface area contributed by atoms with Crippen LogP contribution in [0.2, 0.25) is 0 Å². The fourth-order valence-corrected chi connectivity index (χ4v) is 7.81. The first-order valence-electron chi connectivity index (χ1n) is 19.9. The number of carbonyl (C=O) groups is 4. The van der Waals surface area contributed by atoms with Crippen molar-refractivity contribution in [2.24, 2.45) is 17.6 Å². The van der Waals surface area contributed by atoms with Crippen LogP contribution in [0, 0.1) is 11.8 Å². The minimum atomic E-state index is -0.961. The standard InChI is InChI=1S/C44H54N4O7/c45-25-13-12-20-34(41(50)42-46-36-21-10-11-22-40(36)55-42)26-39(49)38-27-35(53-29-32-16-6-2-7-17-32)28-48(38)43(51)37(24-23-31-14-4-1-5-15-31)47-44(52)54-30-33-18-8-3-9-19-33/h1,3-5,8-11,14-15,18-19,21-22,32,34-35,37-38H,2,6-7,12-13,16-17,20,23-30,45H2,(H,47,52)/t34-,35-,37-,38+/m1/s1. The van der Waals surface area contributed by atoms with Gasteiger partial charge >= 0.3 is 6.09 Å². The Bertz CT molecular complexity index is 1810. The van der Waals surface area contributed by atoms with Crippen LogP contribution in [0.5, 0.6) is 0 Å². The van der Waals surface area contributed by atoms with E-state index in [1.54, 1.807) is 17.0 Å². The number of oxazole rings is 1. The number of hydrogen-bond donors (Lipinski definition) is 2. The molecule has 0 bridgehead atoms. The molecule has 3 N–H and O–H groups in total. The molecule has 1 aliphatic carbocycles. The molecule has 292 valence electrons. The lowest BCUT2D eigenvalue weighted by atomic mass is 9.89. The van der Waals surface area contributed by atoms with E-state index in [2.05, 4.69) is 10.3 Å². The van der Waals surface area contributed by atoms with Crippen molar-refractivity contribution >= 4 is 34.7 Å². The van der Waals surface area contributed by atoms with Gasteiger partial charge in [-0.2, -0.15) is 0 Å². The number of aromatic nitrogens is 1. The summed E-state index contributed by atoms with van der Waals surface area (Å²) in [4.78, 5) is 62.2. The molecule has 0 unspecified atom stereocenters. The summed E-state index contributed by atoms with van der Waals surface area (Å²) in [6.07, 6.45) is 7.55. The summed E-state index contributed by atoms with van der Waals surface area (Å²) < 4.78 is 17.8. The fourth-order valence-electron chi connectivity index (χ4n) is 7.81. The third kappa shape index (κ3) is 11.3. The molecule has 11 heteroatoms. The number of aryl methyl sites for hydroxylation is 1. The predicted octanol–water partition coefficient (Wildman–Crippen LogP) is 7.21. The number of fused-ring (bicyclic) bond motifs is 1. The van der Waals surface area contributed by atoms with Gasteiger partial charge in [0.25, 0.3) is 5.89 Å². The molecule has 2 aliphatic rings. The molecule has 0 spiro atoms. The Morgan fingerprint density at radius 2 is 1.58 bits per heavy atom. The van der Waals surface area contributed by atoms with Crippen molar-refractivity contribution in [1.29, 1.82) is 0 Å². The van der Waals surface area contributed by atoms with E-state index < -0.39 is 24.1 Å². The zero-order chi connectivity index (χ0) is 38.4. The molecule has 2 amide bonds. The molecule has 1 aliphatic heterocycles.